The van der Waals surface area contributed by atoms with Crippen molar-refractivity contribution in [3.8, 4) is 0 Å². The lowest BCUT2D eigenvalue weighted by Gasteiger charge is -2.22. The molecule has 1 aromatic rings. The number of hydrogen-bond donors (Lipinski definition) is 2. The Balaban J connectivity index is 1.81. The van der Waals surface area contributed by atoms with E-state index in [0.717, 1.165) is 19.3 Å². The summed E-state index contributed by atoms with van der Waals surface area (Å²) in [5, 5.41) is 12.1. The summed E-state index contributed by atoms with van der Waals surface area (Å²) in [6.45, 7) is 0.481. The molecule has 1 unspecified atom stereocenters. The molecule has 0 spiro atoms. The summed E-state index contributed by atoms with van der Waals surface area (Å²) >= 11 is 0. The molecule has 0 aromatic heterocycles. The summed E-state index contributed by atoms with van der Waals surface area (Å²) in [6.07, 6.45) is 4.74. The number of hydrogen-bond acceptors (Lipinski definition) is 2. The van der Waals surface area contributed by atoms with Gasteiger partial charge in [-0.2, -0.15) is 0 Å². The summed E-state index contributed by atoms with van der Waals surface area (Å²) in [4.78, 5) is 10.7. The number of carbonyl (C=O) groups is 1. The van der Waals surface area contributed by atoms with E-state index in [9.17, 15) is 4.79 Å². The molecule has 1 aromatic carbocycles. The first-order valence-corrected chi connectivity index (χ1v) is 5.95. The third kappa shape index (κ3) is 3.43. The van der Waals surface area contributed by atoms with Gasteiger partial charge in [0.1, 0.15) is 0 Å². The van der Waals surface area contributed by atoms with Crippen LogP contribution in [0.25, 0.3) is 0 Å². The highest BCUT2D eigenvalue weighted by Crippen LogP contribution is 2.12. The van der Waals surface area contributed by atoms with E-state index in [1.807, 2.05) is 24.3 Å². The molecule has 0 fully saturated rings. The number of carboxylic acid groups (broad SMARTS) is 1. The third-order valence-electron chi connectivity index (χ3n) is 3.13. The van der Waals surface area contributed by atoms with Crippen molar-refractivity contribution in [3.63, 3.8) is 0 Å². The van der Waals surface area contributed by atoms with Crippen molar-refractivity contribution in [2.45, 2.75) is 25.3 Å². The zero-order valence-corrected chi connectivity index (χ0v) is 9.73. The Kier molecular flexibility index (Phi) is 3.94. The Labute approximate surface area is 101 Å². The molecular weight excluding hydrogens is 214 g/mol. The summed E-state index contributed by atoms with van der Waals surface area (Å²) in [7, 11) is 0. The van der Waals surface area contributed by atoms with Crippen molar-refractivity contribution >= 4 is 5.97 Å². The van der Waals surface area contributed by atoms with Crippen molar-refractivity contribution in [1.29, 1.82) is 0 Å². The van der Waals surface area contributed by atoms with Crippen LogP contribution in [0.5, 0.6) is 0 Å². The van der Waals surface area contributed by atoms with Crippen LogP contribution < -0.4 is 5.32 Å². The highest BCUT2D eigenvalue weighted by atomic mass is 16.4. The lowest BCUT2D eigenvalue weighted by molar-refractivity contribution is -0.132. The molecule has 2 rings (SSSR count). The van der Waals surface area contributed by atoms with Crippen LogP contribution in [-0.2, 0) is 11.2 Å². The van der Waals surface area contributed by atoms with Gasteiger partial charge in [-0.3, -0.25) is 0 Å². The standard InChI is InChI=1S/C14H17NO2/c16-14(17)12-7-9-13(15-10-12)8-6-11-4-2-1-3-5-11/h1-5,7,13,15H,6,8-10H2,(H,16,17). The van der Waals surface area contributed by atoms with Gasteiger partial charge in [-0.05, 0) is 24.8 Å². The fraction of sp³-hybridized carbons (Fsp3) is 0.357. The van der Waals surface area contributed by atoms with E-state index in [-0.39, 0.29) is 0 Å². The first-order valence-electron chi connectivity index (χ1n) is 5.95. The molecule has 1 heterocycles. The van der Waals surface area contributed by atoms with Crippen molar-refractivity contribution in [1.82, 2.24) is 5.32 Å². The molecule has 1 aliphatic rings. The molecule has 1 aliphatic heterocycles. The zero-order chi connectivity index (χ0) is 12.1. The van der Waals surface area contributed by atoms with Crippen LogP contribution in [0.1, 0.15) is 18.4 Å². The minimum atomic E-state index is -0.806. The van der Waals surface area contributed by atoms with E-state index in [1.54, 1.807) is 0 Å². The number of aryl methyl sites for hydroxylation is 1. The molecule has 0 saturated heterocycles. The van der Waals surface area contributed by atoms with Crippen LogP contribution in [-0.4, -0.2) is 23.7 Å². The van der Waals surface area contributed by atoms with Crippen molar-refractivity contribution in [3.05, 3.63) is 47.5 Å². The summed E-state index contributed by atoms with van der Waals surface area (Å²) in [5.41, 5.74) is 1.82. The monoisotopic (exact) mass is 231 g/mol. The SMILES string of the molecule is O=C(O)C1=CCC(CCc2ccccc2)NC1. The molecule has 1 atom stereocenters. The van der Waals surface area contributed by atoms with E-state index in [2.05, 4.69) is 17.4 Å². The largest absolute Gasteiger partial charge is 0.478 e. The first kappa shape index (κ1) is 11.9. The molecular formula is C14H17NO2. The zero-order valence-electron chi connectivity index (χ0n) is 9.73. The highest BCUT2D eigenvalue weighted by molar-refractivity contribution is 5.87. The number of carboxylic acids is 1. The van der Waals surface area contributed by atoms with Gasteiger partial charge < -0.3 is 10.4 Å². The van der Waals surface area contributed by atoms with Crippen LogP contribution in [0, 0.1) is 0 Å². The predicted octanol–water partition coefficient (Wildman–Crippen LogP) is 1.99. The fourth-order valence-corrected chi connectivity index (χ4v) is 2.06. The van der Waals surface area contributed by atoms with Crippen LogP contribution >= 0.6 is 0 Å². The molecule has 0 radical (unpaired) electrons. The maximum atomic E-state index is 10.7. The normalized spacial score (nSPS) is 19.8. The van der Waals surface area contributed by atoms with Crippen LogP contribution in [0.3, 0.4) is 0 Å². The highest BCUT2D eigenvalue weighted by Gasteiger charge is 2.16. The predicted molar refractivity (Wildman–Crippen MR) is 66.9 cm³/mol. The van der Waals surface area contributed by atoms with Crippen molar-refractivity contribution in [2.75, 3.05) is 6.54 Å². The van der Waals surface area contributed by atoms with Gasteiger partial charge in [0.15, 0.2) is 0 Å². The molecule has 90 valence electrons. The third-order valence-corrected chi connectivity index (χ3v) is 3.13. The Bertz CT molecular complexity index is 411. The second-order valence-electron chi connectivity index (χ2n) is 4.37. The molecule has 2 N–H and O–H groups in total. The fourth-order valence-electron chi connectivity index (χ4n) is 2.06. The van der Waals surface area contributed by atoms with Gasteiger partial charge in [-0.1, -0.05) is 36.4 Å². The van der Waals surface area contributed by atoms with Crippen LogP contribution in [0.15, 0.2) is 42.0 Å². The van der Waals surface area contributed by atoms with Gasteiger partial charge in [0.05, 0.1) is 0 Å². The molecule has 17 heavy (non-hydrogen) atoms. The van der Waals surface area contributed by atoms with E-state index >= 15 is 0 Å². The van der Waals surface area contributed by atoms with Crippen molar-refractivity contribution in [2.24, 2.45) is 0 Å². The molecule has 0 saturated carbocycles. The maximum absolute atomic E-state index is 10.7. The lowest BCUT2D eigenvalue weighted by atomic mass is 9.99. The summed E-state index contributed by atoms with van der Waals surface area (Å²) < 4.78 is 0. The minimum absolute atomic E-state index is 0.401. The summed E-state index contributed by atoms with van der Waals surface area (Å²) in [6, 6.07) is 10.8. The van der Waals surface area contributed by atoms with Gasteiger partial charge in [0.2, 0.25) is 0 Å². The molecule has 0 amide bonds. The lowest BCUT2D eigenvalue weighted by Crippen LogP contribution is -2.35. The first-order chi connectivity index (χ1) is 8.25. The topological polar surface area (TPSA) is 49.3 Å². The number of aliphatic carboxylic acids is 1. The van der Waals surface area contributed by atoms with Crippen molar-refractivity contribution < 1.29 is 9.90 Å². The van der Waals surface area contributed by atoms with Crippen LogP contribution in [0.4, 0.5) is 0 Å². The molecule has 3 nitrogen and oxygen atoms in total. The molecule has 3 heteroatoms. The van der Waals surface area contributed by atoms with Gasteiger partial charge in [-0.15, -0.1) is 0 Å². The van der Waals surface area contributed by atoms with E-state index in [4.69, 9.17) is 5.11 Å². The van der Waals surface area contributed by atoms with E-state index < -0.39 is 5.97 Å². The Morgan fingerprint density at radius 1 is 1.35 bits per heavy atom. The molecule has 0 bridgehead atoms. The number of nitrogens with one attached hydrogen (secondary N) is 1. The number of benzene rings is 1. The van der Waals surface area contributed by atoms with E-state index in [1.165, 1.54) is 5.56 Å². The average molecular weight is 231 g/mol. The van der Waals surface area contributed by atoms with Gasteiger partial charge >= 0.3 is 5.97 Å². The van der Waals surface area contributed by atoms with Gasteiger partial charge in [-0.25, -0.2) is 4.79 Å². The second kappa shape index (κ2) is 5.64. The summed E-state index contributed by atoms with van der Waals surface area (Å²) in [5.74, 6) is -0.806. The maximum Gasteiger partial charge on any atom is 0.332 e. The Morgan fingerprint density at radius 3 is 2.71 bits per heavy atom. The Hall–Kier alpha value is -1.61. The smallest absolute Gasteiger partial charge is 0.332 e. The minimum Gasteiger partial charge on any atom is -0.478 e. The Morgan fingerprint density at radius 2 is 2.12 bits per heavy atom. The number of rotatable bonds is 4. The van der Waals surface area contributed by atoms with Gasteiger partial charge in [0, 0.05) is 18.2 Å². The van der Waals surface area contributed by atoms with Crippen LogP contribution in [0.2, 0.25) is 0 Å². The van der Waals surface area contributed by atoms with Gasteiger partial charge in [0.25, 0.3) is 0 Å². The second-order valence-corrected chi connectivity index (χ2v) is 4.37. The molecule has 0 aliphatic carbocycles. The quantitative estimate of drug-likeness (QED) is 0.833. The average Bonchev–Trinajstić information content (AvgIpc) is 2.38. The van der Waals surface area contributed by atoms with E-state index in [0.29, 0.717) is 18.2 Å².